The third kappa shape index (κ3) is 5.96. The van der Waals surface area contributed by atoms with Crippen molar-refractivity contribution in [3.63, 3.8) is 0 Å². The number of ketones is 2. The lowest BCUT2D eigenvalue weighted by Crippen LogP contribution is -2.16. The van der Waals surface area contributed by atoms with Gasteiger partial charge in [0, 0.05) is 37.8 Å². The molecule has 0 saturated carbocycles. The molecule has 8 nitrogen and oxygen atoms in total. The summed E-state index contributed by atoms with van der Waals surface area (Å²) in [6, 6.07) is 2.68. The van der Waals surface area contributed by atoms with Crippen molar-refractivity contribution in [2.24, 2.45) is 0 Å². The van der Waals surface area contributed by atoms with Crippen molar-refractivity contribution >= 4 is 11.6 Å². The van der Waals surface area contributed by atoms with Crippen LogP contribution in [0.1, 0.15) is 96.4 Å². The van der Waals surface area contributed by atoms with Gasteiger partial charge in [-0.3, -0.25) is 9.59 Å². The van der Waals surface area contributed by atoms with E-state index < -0.39 is 22.8 Å². The molecule has 172 valence electrons. The minimum atomic E-state index is -0.810. The largest absolute Gasteiger partial charge is 0.507 e. The monoisotopic (exact) mass is 444 g/mol. The predicted molar refractivity (Wildman–Crippen MR) is 116 cm³/mol. The first-order chi connectivity index (χ1) is 15.4. The highest BCUT2D eigenvalue weighted by Crippen LogP contribution is 2.22. The summed E-state index contributed by atoms with van der Waals surface area (Å²) in [4.78, 5) is 49.1. The summed E-state index contributed by atoms with van der Waals surface area (Å²) in [5, 5.41) is 20.3. The number of hydrogen-bond donors (Lipinski definition) is 2. The molecule has 8 heteroatoms. The summed E-state index contributed by atoms with van der Waals surface area (Å²) < 4.78 is 10.4. The lowest BCUT2D eigenvalue weighted by Gasteiger charge is -2.07. The van der Waals surface area contributed by atoms with E-state index in [1.165, 1.54) is 12.1 Å². The van der Waals surface area contributed by atoms with Gasteiger partial charge in [0.2, 0.25) is 0 Å². The second-order valence-corrected chi connectivity index (χ2v) is 8.20. The molecule has 0 atom stereocenters. The first kappa shape index (κ1) is 23.5. The average molecular weight is 444 g/mol. The van der Waals surface area contributed by atoms with Crippen LogP contribution in [0, 0.1) is 0 Å². The van der Waals surface area contributed by atoms with Gasteiger partial charge in [-0.05, 0) is 25.7 Å². The quantitative estimate of drug-likeness (QED) is 0.621. The van der Waals surface area contributed by atoms with E-state index in [1.54, 1.807) is 0 Å². The van der Waals surface area contributed by atoms with Crippen LogP contribution < -0.4 is 11.3 Å². The van der Waals surface area contributed by atoms with Crippen molar-refractivity contribution < 1.29 is 28.6 Å². The zero-order chi connectivity index (χ0) is 23.1. The fourth-order valence-corrected chi connectivity index (χ4v) is 3.94. The van der Waals surface area contributed by atoms with Crippen LogP contribution in [-0.2, 0) is 12.8 Å². The molecular weight excluding hydrogens is 416 g/mol. The topological polar surface area (TPSA) is 135 Å². The van der Waals surface area contributed by atoms with Crippen molar-refractivity contribution in [2.75, 3.05) is 0 Å². The molecule has 4 bridgehead atoms. The van der Waals surface area contributed by atoms with Crippen molar-refractivity contribution in [3.05, 3.63) is 55.6 Å². The fraction of sp³-hybridized carbons (Fsp3) is 0.500. The second kappa shape index (κ2) is 10.9. The minimum Gasteiger partial charge on any atom is -0.507 e. The van der Waals surface area contributed by atoms with Crippen LogP contribution in [-0.4, -0.2) is 21.8 Å². The van der Waals surface area contributed by atoms with Crippen LogP contribution in [0.25, 0.3) is 0 Å². The Bertz CT molecular complexity index is 1000. The SMILES string of the molecule is O=C1CCCCCCC(=O)c2c(O)cc(oc2=O)CCCCCCc2cc(O)c1c(=O)o2. The van der Waals surface area contributed by atoms with Crippen LogP contribution in [0.2, 0.25) is 0 Å². The summed E-state index contributed by atoms with van der Waals surface area (Å²) in [6.07, 6.45) is 6.30. The van der Waals surface area contributed by atoms with Gasteiger partial charge in [-0.15, -0.1) is 0 Å². The normalized spacial score (nSPS) is 17.1. The molecular formula is C24H28O8. The zero-order valence-corrected chi connectivity index (χ0v) is 18.0. The van der Waals surface area contributed by atoms with Crippen LogP contribution in [0.15, 0.2) is 30.6 Å². The molecule has 32 heavy (non-hydrogen) atoms. The van der Waals surface area contributed by atoms with Crippen LogP contribution in [0.4, 0.5) is 0 Å². The molecule has 0 aromatic carbocycles. The van der Waals surface area contributed by atoms with Gasteiger partial charge in [-0.25, -0.2) is 9.59 Å². The molecule has 0 fully saturated rings. The van der Waals surface area contributed by atoms with Gasteiger partial charge in [0.1, 0.15) is 34.1 Å². The van der Waals surface area contributed by atoms with E-state index in [9.17, 15) is 29.4 Å². The molecule has 0 amide bonds. The first-order valence-electron chi connectivity index (χ1n) is 11.1. The van der Waals surface area contributed by atoms with Crippen LogP contribution in [0.3, 0.4) is 0 Å². The third-order valence-corrected chi connectivity index (χ3v) is 5.68. The molecule has 4 aliphatic rings. The fourth-order valence-electron chi connectivity index (χ4n) is 3.94. The molecule has 6 rings (SSSR count). The van der Waals surface area contributed by atoms with Gasteiger partial charge in [-0.2, -0.15) is 0 Å². The lowest BCUT2D eigenvalue weighted by molar-refractivity contribution is 0.0958. The summed E-state index contributed by atoms with van der Waals surface area (Å²) in [6.45, 7) is 0. The Labute approximate surface area is 184 Å². The van der Waals surface area contributed by atoms with Gasteiger partial charge >= 0.3 is 11.3 Å². The van der Waals surface area contributed by atoms with Gasteiger partial charge in [0.15, 0.2) is 11.6 Å². The molecule has 0 radical (unpaired) electrons. The Morgan fingerprint density at radius 1 is 0.531 bits per heavy atom. The van der Waals surface area contributed by atoms with Crippen molar-refractivity contribution in [2.45, 2.75) is 77.0 Å². The van der Waals surface area contributed by atoms with Crippen LogP contribution >= 0.6 is 0 Å². The summed E-state index contributed by atoms with van der Waals surface area (Å²) in [5.74, 6) is -0.948. The molecule has 1 aliphatic carbocycles. The molecule has 5 heterocycles. The summed E-state index contributed by atoms with van der Waals surface area (Å²) in [5.41, 5.74) is -2.24. The highest BCUT2D eigenvalue weighted by molar-refractivity contribution is 5.98. The van der Waals surface area contributed by atoms with E-state index in [0.29, 0.717) is 62.9 Å². The highest BCUT2D eigenvalue weighted by atomic mass is 16.4. The van der Waals surface area contributed by atoms with Gasteiger partial charge < -0.3 is 19.0 Å². The Morgan fingerprint density at radius 2 is 0.875 bits per heavy atom. The summed E-state index contributed by atoms with van der Waals surface area (Å²) >= 11 is 0. The van der Waals surface area contributed by atoms with E-state index in [-0.39, 0.29) is 35.5 Å². The number of carbonyl (C=O) groups is 2. The Kier molecular flexibility index (Phi) is 8.03. The number of carbonyl (C=O) groups excluding carboxylic acids is 2. The number of aromatic hydroxyl groups is 2. The van der Waals surface area contributed by atoms with E-state index in [4.69, 9.17) is 8.83 Å². The zero-order valence-electron chi connectivity index (χ0n) is 18.0. The van der Waals surface area contributed by atoms with Gasteiger partial charge in [-0.1, -0.05) is 25.7 Å². The Balaban J connectivity index is 1.73. The third-order valence-electron chi connectivity index (χ3n) is 5.68. The predicted octanol–water partition coefficient (Wildman–Crippen LogP) is 4.07. The standard InChI is InChI=1S/C24H28O8/c25-17-11-7-3-4-8-12-18(26)22-20(28)14-16(32-24(22)30)10-6-2-1-5-9-15-13-19(27)21(17)23(29)31-15/h13-14,27-28H,1-12H2. The van der Waals surface area contributed by atoms with Crippen molar-refractivity contribution in [1.29, 1.82) is 0 Å². The van der Waals surface area contributed by atoms with E-state index >= 15 is 0 Å². The van der Waals surface area contributed by atoms with Gasteiger partial charge in [0.25, 0.3) is 0 Å². The number of Topliss-reactive ketones (excluding diaryl/α,β-unsaturated/α-hetero) is 2. The highest BCUT2D eigenvalue weighted by Gasteiger charge is 2.20. The van der Waals surface area contributed by atoms with Gasteiger partial charge in [0.05, 0.1) is 0 Å². The van der Waals surface area contributed by atoms with E-state index in [2.05, 4.69) is 0 Å². The number of aryl methyl sites for hydroxylation is 2. The number of rotatable bonds is 0. The molecule has 2 aromatic rings. The molecule has 0 spiro atoms. The molecule has 0 saturated heterocycles. The maximum Gasteiger partial charge on any atom is 0.350 e. The maximum atomic E-state index is 12.4. The molecule has 0 unspecified atom stereocenters. The lowest BCUT2D eigenvalue weighted by atomic mass is 10.0. The summed E-state index contributed by atoms with van der Waals surface area (Å²) in [7, 11) is 0. The molecule has 2 aromatic heterocycles. The number of hydrogen-bond acceptors (Lipinski definition) is 8. The molecule has 2 N–H and O–H groups in total. The smallest absolute Gasteiger partial charge is 0.350 e. The Morgan fingerprint density at radius 3 is 1.22 bits per heavy atom. The molecule has 3 aliphatic heterocycles. The second-order valence-electron chi connectivity index (χ2n) is 8.20. The van der Waals surface area contributed by atoms with E-state index in [0.717, 1.165) is 12.8 Å². The first-order valence-corrected chi connectivity index (χ1v) is 11.1. The van der Waals surface area contributed by atoms with Crippen LogP contribution in [0.5, 0.6) is 11.5 Å². The van der Waals surface area contributed by atoms with E-state index in [1.807, 2.05) is 0 Å². The average Bonchev–Trinajstić information content (AvgIpc) is 2.71. The Hall–Kier alpha value is -3.16. The minimum absolute atomic E-state index is 0.0808. The maximum absolute atomic E-state index is 12.4. The van der Waals surface area contributed by atoms with Crippen molar-refractivity contribution in [3.8, 4) is 11.5 Å². The van der Waals surface area contributed by atoms with Crippen molar-refractivity contribution in [1.82, 2.24) is 0 Å².